The van der Waals surface area contributed by atoms with Crippen LogP contribution in [0.4, 0.5) is 5.69 Å². The van der Waals surface area contributed by atoms with Crippen LogP contribution in [0.15, 0.2) is 103 Å². The Hall–Kier alpha value is -5.78. The first-order valence-electron chi connectivity index (χ1n) is 19.0. The molecule has 2 saturated heterocycles. The lowest BCUT2D eigenvalue weighted by Gasteiger charge is -2.34. The summed E-state index contributed by atoms with van der Waals surface area (Å²) in [6.07, 6.45) is 0.802. The van der Waals surface area contributed by atoms with Crippen molar-refractivity contribution >= 4 is 58.0 Å². The van der Waals surface area contributed by atoms with E-state index in [-0.39, 0.29) is 43.5 Å². The maximum atomic E-state index is 13.1. The third-order valence-electron chi connectivity index (χ3n) is 10.5. The highest BCUT2D eigenvalue weighted by Crippen LogP contribution is 2.36. The van der Waals surface area contributed by atoms with Crippen molar-refractivity contribution in [3.05, 3.63) is 131 Å². The molecule has 11 nitrogen and oxygen atoms in total. The van der Waals surface area contributed by atoms with Crippen LogP contribution in [0.1, 0.15) is 58.3 Å². The van der Waals surface area contributed by atoms with E-state index < -0.39 is 17.9 Å². The van der Waals surface area contributed by atoms with E-state index in [9.17, 15) is 24.0 Å². The Morgan fingerprint density at radius 1 is 0.804 bits per heavy atom. The number of anilines is 1. The van der Waals surface area contributed by atoms with Crippen LogP contribution in [0, 0.1) is 0 Å². The molecule has 12 heteroatoms. The van der Waals surface area contributed by atoms with E-state index in [1.807, 2.05) is 48.5 Å². The minimum atomic E-state index is -0.758. The maximum Gasteiger partial charge on any atom is 0.255 e. The van der Waals surface area contributed by atoms with Crippen molar-refractivity contribution < 1.29 is 28.7 Å². The normalized spacial score (nSPS) is 17.6. The van der Waals surface area contributed by atoms with Crippen molar-refractivity contribution in [1.82, 2.24) is 20.0 Å². The molecule has 0 aliphatic carbocycles. The lowest BCUT2D eigenvalue weighted by molar-refractivity contribution is -0.138. The number of halogens is 1. The van der Waals surface area contributed by atoms with Crippen molar-refractivity contribution in [3.63, 3.8) is 0 Å². The summed E-state index contributed by atoms with van der Waals surface area (Å²) in [4.78, 5) is 68.7. The van der Waals surface area contributed by atoms with Crippen molar-refractivity contribution in [3.8, 4) is 5.75 Å². The molecular formula is C44H44ClN5O6. The molecule has 3 heterocycles. The molecule has 4 aromatic carbocycles. The fourth-order valence-corrected chi connectivity index (χ4v) is 7.83. The summed E-state index contributed by atoms with van der Waals surface area (Å²) >= 11 is 6.31. The molecule has 56 heavy (non-hydrogen) atoms. The number of nitrogens with zero attached hydrogens (tertiary/aromatic N) is 3. The van der Waals surface area contributed by atoms with Gasteiger partial charge in [0.1, 0.15) is 24.8 Å². The number of benzene rings is 4. The quantitative estimate of drug-likeness (QED) is 0.0786. The molecule has 0 radical (unpaired) electrons. The van der Waals surface area contributed by atoms with Gasteiger partial charge in [-0.05, 0) is 64.9 Å². The van der Waals surface area contributed by atoms with Crippen LogP contribution < -0.4 is 15.4 Å². The Morgan fingerprint density at radius 3 is 2.16 bits per heavy atom. The van der Waals surface area contributed by atoms with Crippen LogP contribution in [0.2, 0.25) is 0 Å². The van der Waals surface area contributed by atoms with Gasteiger partial charge in [-0.2, -0.15) is 0 Å². The van der Waals surface area contributed by atoms with Crippen LogP contribution in [0.5, 0.6) is 5.75 Å². The van der Waals surface area contributed by atoms with Gasteiger partial charge >= 0.3 is 0 Å². The van der Waals surface area contributed by atoms with Crippen LogP contribution in [0.25, 0.3) is 11.1 Å². The van der Waals surface area contributed by atoms with Crippen molar-refractivity contribution in [2.45, 2.75) is 38.3 Å². The Bertz CT molecular complexity index is 2120. The van der Waals surface area contributed by atoms with Gasteiger partial charge < -0.3 is 19.9 Å². The minimum absolute atomic E-state index is 0.124. The van der Waals surface area contributed by atoms with Gasteiger partial charge in [0.05, 0.1) is 0 Å². The average molecular weight is 774 g/mol. The largest absolute Gasteiger partial charge is 0.492 e. The zero-order chi connectivity index (χ0) is 39.0. The molecule has 2 N–H and O–H groups in total. The summed E-state index contributed by atoms with van der Waals surface area (Å²) < 4.78 is 6.14. The fourth-order valence-electron chi connectivity index (χ4n) is 7.65. The Morgan fingerprint density at radius 2 is 1.48 bits per heavy atom. The topological polar surface area (TPSA) is 128 Å². The number of allylic oxidation sites excluding steroid dienone is 1. The molecule has 288 valence electrons. The number of rotatable bonds is 13. The molecule has 1 atom stereocenters. The molecule has 2 fully saturated rings. The van der Waals surface area contributed by atoms with Gasteiger partial charge in [0, 0.05) is 68.4 Å². The summed E-state index contributed by atoms with van der Waals surface area (Å²) in [5.74, 6) is -0.642. The molecular weight excluding hydrogens is 730 g/mol. The third kappa shape index (κ3) is 8.85. The summed E-state index contributed by atoms with van der Waals surface area (Å²) in [5.41, 5.74) is 7.10. The number of ether oxygens (including phenoxy) is 1. The van der Waals surface area contributed by atoms with Crippen LogP contribution in [0.3, 0.4) is 0 Å². The van der Waals surface area contributed by atoms with E-state index >= 15 is 0 Å². The number of piperazine rings is 1. The molecule has 7 rings (SSSR count). The summed E-state index contributed by atoms with van der Waals surface area (Å²) in [5, 5.41) is 5.10. The van der Waals surface area contributed by atoms with Crippen molar-refractivity contribution in [1.29, 1.82) is 0 Å². The van der Waals surface area contributed by atoms with Crippen LogP contribution in [-0.2, 0) is 25.7 Å². The third-order valence-corrected chi connectivity index (χ3v) is 10.7. The number of carbonyl (C=O) groups excluding carboxylic acids is 5. The second kappa shape index (κ2) is 17.8. The highest BCUT2D eigenvalue weighted by Gasteiger charge is 2.40. The predicted molar refractivity (Wildman–Crippen MR) is 215 cm³/mol. The zero-order valence-electron chi connectivity index (χ0n) is 31.0. The number of piperidine rings is 1. The lowest BCUT2D eigenvalue weighted by atomic mass is 9.88. The number of carbonyl (C=O) groups is 5. The molecule has 3 aliphatic heterocycles. The molecule has 0 spiro atoms. The van der Waals surface area contributed by atoms with Gasteiger partial charge in [0.15, 0.2) is 0 Å². The van der Waals surface area contributed by atoms with Gasteiger partial charge in [-0.1, -0.05) is 78.9 Å². The molecule has 1 unspecified atom stereocenters. The smallest absolute Gasteiger partial charge is 0.255 e. The molecule has 0 bridgehead atoms. The van der Waals surface area contributed by atoms with E-state index in [2.05, 4.69) is 51.9 Å². The predicted octanol–water partition coefficient (Wildman–Crippen LogP) is 5.59. The van der Waals surface area contributed by atoms with E-state index in [1.54, 1.807) is 23.1 Å². The molecule has 0 aromatic heterocycles. The number of hydrogen-bond acceptors (Lipinski definition) is 7. The van der Waals surface area contributed by atoms with E-state index in [0.717, 1.165) is 34.4 Å². The Balaban J connectivity index is 0.886. The van der Waals surface area contributed by atoms with Gasteiger partial charge in [-0.15, -0.1) is 11.6 Å². The second-order valence-corrected chi connectivity index (χ2v) is 14.5. The van der Waals surface area contributed by atoms with Crippen LogP contribution in [-0.4, -0.2) is 95.5 Å². The van der Waals surface area contributed by atoms with Gasteiger partial charge in [0.25, 0.3) is 5.91 Å². The molecule has 3 aliphatic rings. The molecule has 4 aromatic rings. The molecule has 0 saturated carbocycles. The van der Waals surface area contributed by atoms with E-state index in [4.69, 9.17) is 16.3 Å². The highest BCUT2D eigenvalue weighted by molar-refractivity contribution is 6.18. The lowest BCUT2D eigenvalue weighted by Crippen LogP contribution is -2.52. The molecule has 5 amide bonds. The number of fused-ring (bicyclic) bond motifs is 1. The number of nitrogens with one attached hydrogen (secondary N) is 2. The zero-order valence-corrected chi connectivity index (χ0v) is 31.8. The summed E-state index contributed by atoms with van der Waals surface area (Å²) in [7, 11) is 0. The van der Waals surface area contributed by atoms with Gasteiger partial charge in [-0.3, -0.25) is 34.2 Å². The Kier molecular flexibility index (Phi) is 12.2. The number of hydrogen-bond donors (Lipinski definition) is 2. The first kappa shape index (κ1) is 38.5. The SMILES string of the molecule is O=C1CCC(N2Cc3c(NC(=O)CC(=O)N4CCN(CCOc5ccc(C(=C(CCCl)c6ccccc6)c6ccccc6)cc5)CC4)cccc3C2=O)C(=O)N1. The monoisotopic (exact) mass is 773 g/mol. The fraction of sp³-hybridized carbons (Fsp3) is 0.295. The van der Waals surface area contributed by atoms with Gasteiger partial charge in [-0.25, -0.2) is 0 Å². The van der Waals surface area contributed by atoms with Crippen molar-refractivity contribution in [2.24, 2.45) is 0 Å². The summed E-state index contributed by atoms with van der Waals surface area (Å²) in [6.45, 7) is 3.63. The summed E-state index contributed by atoms with van der Waals surface area (Å²) in [6, 6.07) is 33.1. The van der Waals surface area contributed by atoms with Crippen molar-refractivity contribution in [2.75, 3.05) is 50.5 Å². The average Bonchev–Trinajstić information content (AvgIpc) is 3.55. The first-order valence-corrected chi connectivity index (χ1v) is 19.5. The first-order chi connectivity index (χ1) is 27.3. The minimum Gasteiger partial charge on any atom is -0.492 e. The number of amides is 5. The highest BCUT2D eigenvalue weighted by atomic mass is 35.5. The van der Waals surface area contributed by atoms with E-state index in [1.165, 1.54) is 10.5 Å². The standard InChI is InChI=1S/C44H44ClN5O6/c45-21-20-34(30-8-3-1-4-9-30)42(31-10-5-2-6-11-31)32-14-16-33(17-15-32)56-27-26-48-22-24-49(25-23-48)41(53)28-40(52)46-37-13-7-12-35-36(37)29-50(44(35)55)38-18-19-39(51)47-43(38)54/h1-17,38H,18-29H2,(H,46,52)(H,47,51,54). The maximum absolute atomic E-state index is 13.1. The van der Waals surface area contributed by atoms with Crippen LogP contribution >= 0.6 is 11.6 Å². The Labute approximate surface area is 331 Å². The number of alkyl halides is 1. The van der Waals surface area contributed by atoms with E-state index in [0.29, 0.717) is 62.0 Å². The number of imide groups is 1. The second-order valence-electron chi connectivity index (χ2n) is 14.1. The van der Waals surface area contributed by atoms with Gasteiger partial charge in [0.2, 0.25) is 23.6 Å².